The molecule has 8 heteroatoms. The van der Waals surface area contributed by atoms with Crippen molar-refractivity contribution in [1.82, 2.24) is 9.80 Å². The number of ether oxygens (including phenoxy) is 2. The normalized spacial score (nSPS) is 14.1. The number of rotatable bonds is 8. The Hall–Kier alpha value is -2.84. The molecule has 0 fully saturated rings. The van der Waals surface area contributed by atoms with E-state index < -0.39 is 0 Å². The molecular weight excluding hydrogens is 380 g/mol. The number of aliphatic hydroxyl groups excluding tert-OH is 1. The highest BCUT2D eigenvalue weighted by Crippen LogP contribution is 2.35. The monoisotopic (exact) mass is 402 g/mol. The predicted octanol–water partition coefficient (Wildman–Crippen LogP) is 1.97. The van der Waals surface area contributed by atoms with Crippen LogP contribution < -0.4 is 9.47 Å². The third-order valence-corrected chi connectivity index (χ3v) is 5.40. The fourth-order valence-corrected chi connectivity index (χ4v) is 3.89. The molecule has 0 saturated carbocycles. The van der Waals surface area contributed by atoms with Gasteiger partial charge in [0.05, 0.1) is 32.9 Å². The van der Waals surface area contributed by atoms with Crippen LogP contribution in [0.5, 0.6) is 11.5 Å². The first-order valence-electron chi connectivity index (χ1n) is 8.69. The maximum atomic E-state index is 13.1. The van der Waals surface area contributed by atoms with Crippen LogP contribution in [-0.2, 0) is 16.1 Å². The summed E-state index contributed by atoms with van der Waals surface area (Å²) in [4.78, 5) is 29.8. The maximum absolute atomic E-state index is 13.1. The molecule has 0 aliphatic carbocycles. The molecule has 1 N–H and O–H groups in total. The first-order chi connectivity index (χ1) is 13.5. The summed E-state index contributed by atoms with van der Waals surface area (Å²) in [7, 11) is 4.78. The average molecular weight is 402 g/mol. The average Bonchev–Trinajstić information content (AvgIpc) is 3.30. The molecule has 2 aromatic rings. The van der Waals surface area contributed by atoms with E-state index in [1.54, 1.807) is 37.3 Å². The second-order valence-electron chi connectivity index (χ2n) is 6.23. The summed E-state index contributed by atoms with van der Waals surface area (Å²) < 4.78 is 10.5. The minimum Gasteiger partial charge on any atom is -0.493 e. The van der Waals surface area contributed by atoms with Crippen LogP contribution in [0.15, 0.2) is 41.4 Å². The lowest BCUT2D eigenvalue weighted by atomic mass is 10.1. The molecule has 1 aromatic carbocycles. The minimum atomic E-state index is -0.376. The number of aliphatic hydroxyl groups is 1. The third-order valence-electron chi connectivity index (χ3n) is 4.52. The Balaban J connectivity index is 1.95. The number of methoxy groups -OCH3 is 2. The van der Waals surface area contributed by atoms with Crippen LogP contribution >= 0.6 is 11.3 Å². The Morgan fingerprint density at radius 3 is 2.46 bits per heavy atom. The zero-order valence-corrected chi connectivity index (χ0v) is 16.8. The number of thiophene rings is 1. The Morgan fingerprint density at radius 2 is 1.86 bits per heavy atom. The first kappa shape index (κ1) is 19.9. The van der Waals surface area contributed by atoms with Gasteiger partial charge in [-0.2, -0.15) is 0 Å². The highest BCUT2D eigenvalue weighted by Gasteiger charge is 2.41. The van der Waals surface area contributed by atoms with Crippen LogP contribution in [0.25, 0.3) is 5.57 Å². The topological polar surface area (TPSA) is 79.3 Å². The van der Waals surface area contributed by atoms with Crippen molar-refractivity contribution in [1.29, 1.82) is 0 Å². The summed E-state index contributed by atoms with van der Waals surface area (Å²) >= 11 is 1.40. The van der Waals surface area contributed by atoms with Gasteiger partial charge in [-0.3, -0.25) is 14.5 Å². The summed E-state index contributed by atoms with van der Waals surface area (Å²) in [6.07, 6.45) is 0. The molecule has 0 bridgehead atoms. The molecule has 1 aromatic heterocycles. The molecule has 2 heterocycles. The van der Waals surface area contributed by atoms with Crippen LogP contribution in [0.1, 0.15) is 10.4 Å². The summed E-state index contributed by atoms with van der Waals surface area (Å²) in [5.74, 6) is 0.385. The van der Waals surface area contributed by atoms with Gasteiger partial charge in [0.1, 0.15) is 5.70 Å². The predicted molar refractivity (Wildman–Crippen MR) is 106 cm³/mol. The van der Waals surface area contributed by atoms with Crippen LogP contribution in [0.2, 0.25) is 0 Å². The van der Waals surface area contributed by atoms with Crippen molar-refractivity contribution in [2.24, 2.45) is 0 Å². The molecule has 0 atom stereocenters. The van der Waals surface area contributed by atoms with Crippen molar-refractivity contribution < 1.29 is 24.2 Å². The number of imide groups is 1. The lowest BCUT2D eigenvalue weighted by Crippen LogP contribution is -2.34. The zero-order valence-electron chi connectivity index (χ0n) is 16.0. The van der Waals surface area contributed by atoms with Crippen molar-refractivity contribution in [3.05, 3.63) is 51.8 Å². The Morgan fingerprint density at radius 1 is 1.11 bits per heavy atom. The highest BCUT2D eigenvalue weighted by molar-refractivity contribution is 7.11. The molecule has 2 amide bonds. The smallest absolute Gasteiger partial charge is 0.278 e. The number of hydrogen-bond donors (Lipinski definition) is 1. The molecule has 7 nitrogen and oxygen atoms in total. The summed E-state index contributed by atoms with van der Waals surface area (Å²) in [6.45, 7) is 0.256. The molecule has 3 rings (SSSR count). The number of amides is 2. The molecular formula is C20H22N2O5S. The van der Waals surface area contributed by atoms with Gasteiger partial charge in [0.25, 0.3) is 11.8 Å². The van der Waals surface area contributed by atoms with Gasteiger partial charge in [-0.05, 0) is 29.1 Å². The van der Waals surface area contributed by atoms with E-state index in [2.05, 4.69) is 0 Å². The van der Waals surface area contributed by atoms with Crippen molar-refractivity contribution in [3.8, 4) is 11.5 Å². The highest BCUT2D eigenvalue weighted by atomic mass is 32.1. The number of hydrogen-bond acceptors (Lipinski definition) is 7. The zero-order chi connectivity index (χ0) is 20.3. The van der Waals surface area contributed by atoms with Gasteiger partial charge in [0.15, 0.2) is 11.5 Å². The fourth-order valence-electron chi connectivity index (χ4n) is 3.13. The third kappa shape index (κ3) is 3.61. The number of carbonyl (C=O) groups excluding carboxylic acids is 2. The Bertz CT molecular complexity index is 907. The Kier molecular flexibility index (Phi) is 6.01. The van der Waals surface area contributed by atoms with E-state index in [1.165, 1.54) is 23.3 Å². The quantitative estimate of drug-likeness (QED) is 0.680. The fraction of sp³-hybridized carbons (Fsp3) is 0.300. The maximum Gasteiger partial charge on any atom is 0.278 e. The van der Waals surface area contributed by atoms with Gasteiger partial charge in [-0.25, -0.2) is 0 Å². The van der Waals surface area contributed by atoms with Gasteiger partial charge in [0.2, 0.25) is 0 Å². The number of nitrogens with zero attached hydrogens (tertiary/aromatic N) is 2. The van der Waals surface area contributed by atoms with E-state index in [9.17, 15) is 14.7 Å². The van der Waals surface area contributed by atoms with E-state index in [0.717, 1.165) is 10.4 Å². The van der Waals surface area contributed by atoms with Crippen LogP contribution in [-0.4, -0.2) is 61.1 Å². The van der Waals surface area contributed by atoms with E-state index in [4.69, 9.17) is 9.47 Å². The summed E-state index contributed by atoms with van der Waals surface area (Å²) in [6, 6.07) is 8.94. The van der Waals surface area contributed by atoms with Crippen molar-refractivity contribution >= 4 is 28.7 Å². The molecule has 1 aliphatic heterocycles. The second kappa shape index (κ2) is 8.45. The number of carbonyl (C=O) groups is 2. The van der Waals surface area contributed by atoms with E-state index >= 15 is 0 Å². The van der Waals surface area contributed by atoms with Gasteiger partial charge in [-0.15, -0.1) is 11.3 Å². The second-order valence-corrected chi connectivity index (χ2v) is 7.18. The van der Waals surface area contributed by atoms with Crippen LogP contribution in [0, 0.1) is 0 Å². The van der Waals surface area contributed by atoms with Gasteiger partial charge in [-0.1, -0.05) is 12.1 Å². The van der Waals surface area contributed by atoms with Crippen LogP contribution in [0.4, 0.5) is 0 Å². The largest absolute Gasteiger partial charge is 0.493 e. The minimum absolute atomic E-state index is 0.114. The molecule has 0 radical (unpaired) electrons. The van der Waals surface area contributed by atoms with Crippen molar-refractivity contribution in [3.63, 3.8) is 0 Å². The molecule has 1 aliphatic rings. The number of benzene rings is 1. The molecule has 28 heavy (non-hydrogen) atoms. The molecule has 0 saturated heterocycles. The SMILES string of the molecule is COc1ccc(CN2C(=O)C(c3cccs3)=C(N(C)CCO)C2=O)cc1OC. The summed E-state index contributed by atoms with van der Waals surface area (Å²) in [5, 5.41) is 11.1. The molecule has 0 unspecified atom stereocenters. The molecule has 148 valence electrons. The van der Waals surface area contributed by atoms with E-state index in [0.29, 0.717) is 22.8 Å². The van der Waals surface area contributed by atoms with Crippen molar-refractivity contribution in [2.45, 2.75) is 6.54 Å². The van der Waals surface area contributed by atoms with Crippen molar-refractivity contribution in [2.75, 3.05) is 34.4 Å². The van der Waals surface area contributed by atoms with Gasteiger partial charge in [0, 0.05) is 18.5 Å². The number of likely N-dealkylation sites (N-methyl/N-ethyl adjacent to an activating group) is 1. The van der Waals surface area contributed by atoms with E-state index in [-0.39, 0.29) is 31.5 Å². The first-order valence-corrected chi connectivity index (χ1v) is 9.57. The van der Waals surface area contributed by atoms with Gasteiger partial charge >= 0.3 is 0 Å². The standard InChI is InChI=1S/C20H22N2O5S/c1-21(8-9-23)18-17(16-5-4-10-28-16)19(24)22(20(18)25)12-13-6-7-14(26-2)15(11-13)27-3/h4-7,10-11,23H,8-9,12H2,1-3H3. The summed E-state index contributed by atoms with van der Waals surface area (Å²) in [5.41, 5.74) is 1.43. The lowest BCUT2D eigenvalue weighted by molar-refractivity contribution is -0.138. The van der Waals surface area contributed by atoms with Gasteiger partial charge < -0.3 is 19.5 Å². The van der Waals surface area contributed by atoms with E-state index in [1.807, 2.05) is 17.5 Å². The lowest BCUT2D eigenvalue weighted by Gasteiger charge is -2.20. The Labute approximate surface area is 167 Å². The molecule has 0 spiro atoms. The van der Waals surface area contributed by atoms with Crippen LogP contribution in [0.3, 0.4) is 0 Å².